The number of ether oxygens (including phenoxy) is 7. The second kappa shape index (κ2) is 33.4. The van der Waals surface area contributed by atoms with E-state index in [-0.39, 0.29) is 67.1 Å². The summed E-state index contributed by atoms with van der Waals surface area (Å²) < 4.78 is 185. The Labute approximate surface area is 462 Å². The van der Waals surface area contributed by atoms with Crippen LogP contribution in [-0.4, -0.2) is 205 Å². The number of hydrogen-bond donors (Lipinski definition) is 2. The maximum Gasteiger partial charge on any atom is 0.428 e. The largest absolute Gasteiger partial charge is 0.633 e. The molecule has 3 aromatic rings. The van der Waals surface area contributed by atoms with E-state index in [1.165, 1.54) is 40.1 Å². The summed E-state index contributed by atoms with van der Waals surface area (Å²) in [6.07, 6.45) is 0.699. The monoisotopic (exact) mass is 1220 g/mol. The average molecular weight is 1220 g/mol. The topological polar surface area (TPSA) is 260 Å². The lowest BCUT2D eigenvalue weighted by molar-refractivity contribution is -0.882. The van der Waals surface area contributed by atoms with Gasteiger partial charge in [0.1, 0.15) is 45.6 Å². The van der Waals surface area contributed by atoms with Gasteiger partial charge in [-0.1, -0.05) is 54.6 Å². The molecule has 5 rings (SSSR count). The fourth-order valence-corrected chi connectivity index (χ4v) is 12.5. The highest BCUT2D eigenvalue weighted by atomic mass is 32.3. The summed E-state index contributed by atoms with van der Waals surface area (Å²) in [5.74, 6) is -7.03. The van der Waals surface area contributed by atoms with E-state index in [4.69, 9.17) is 33.2 Å². The van der Waals surface area contributed by atoms with Crippen molar-refractivity contribution < 1.29 is 99.3 Å². The molecule has 3 aromatic carbocycles. The first kappa shape index (κ1) is 71.3. The molecule has 0 saturated carbocycles. The number of rotatable bonds is 25. The van der Waals surface area contributed by atoms with Gasteiger partial charge in [0.2, 0.25) is 0 Å². The number of likely N-dealkylation sites (tertiary alicyclic amines) is 1. The van der Waals surface area contributed by atoms with Crippen molar-refractivity contribution in [2.75, 3.05) is 127 Å². The predicted octanol–water partition coefficient (Wildman–Crippen LogP) is 6.03. The Kier molecular flexibility index (Phi) is 30.1. The molecule has 0 unspecified atom stereocenters. The van der Waals surface area contributed by atoms with E-state index in [1.54, 1.807) is 4.90 Å². The minimum atomic E-state index is -7.07. The number of carbonyl (C=O) groups excluding carboxylic acids is 1. The molecule has 2 aliphatic heterocycles. The number of benzene rings is 3. The molecule has 21 nitrogen and oxygen atoms in total. The SMILES string of the molecule is CC(C)(C)OC(=O)N1CCC(O)CC1.COCOCC[N+]([O-])(CCOCOC)CCOCOC.CS(=O)(=O)[N-]S(=O)(=O)C(F)(F)C(F)(F)C(F)(F)S(=O)(=O)N1CCNCC1.c1ccc([S+](c2ccccc2)c2ccccc2)cc1. The number of quaternary nitrogens is 1. The Hall–Kier alpha value is -3.77. The summed E-state index contributed by atoms with van der Waals surface area (Å²) in [5.41, 5.74) is -0.437. The zero-order valence-electron chi connectivity index (χ0n) is 45.0. The van der Waals surface area contributed by atoms with Crippen LogP contribution in [-0.2, 0) is 74.1 Å². The first-order chi connectivity index (χ1) is 36.8. The van der Waals surface area contributed by atoms with Crippen LogP contribution in [0.15, 0.2) is 106 Å². The molecular formula is C48H73F6N5O16S4. The summed E-state index contributed by atoms with van der Waals surface area (Å²) in [7, 11) is -14.1. The molecule has 0 bridgehead atoms. The second-order valence-electron chi connectivity index (χ2n) is 18.2. The normalized spacial score (nSPS) is 15.5. The summed E-state index contributed by atoms with van der Waals surface area (Å²) in [6, 6.07) is 32.2. The summed E-state index contributed by atoms with van der Waals surface area (Å²) in [5, 5.41) is 10.9. The van der Waals surface area contributed by atoms with E-state index in [2.05, 4.69) is 96.3 Å². The summed E-state index contributed by atoms with van der Waals surface area (Å²) in [6.45, 7) is 7.17. The molecule has 0 aliphatic carbocycles. The quantitative estimate of drug-likeness (QED) is 0.0245. The number of methoxy groups -OCH3 is 3. The van der Waals surface area contributed by atoms with Gasteiger partial charge in [-0.3, -0.25) is 0 Å². The highest BCUT2D eigenvalue weighted by Gasteiger charge is 2.81. The molecule has 0 radical (unpaired) electrons. The second-order valence-corrected chi connectivity index (χ2v) is 25.7. The number of alkyl halides is 6. The Balaban J connectivity index is 0.000000367. The molecule has 79 heavy (non-hydrogen) atoms. The van der Waals surface area contributed by atoms with Crippen LogP contribution in [0.25, 0.3) is 4.13 Å². The van der Waals surface area contributed by atoms with Crippen LogP contribution >= 0.6 is 0 Å². The van der Waals surface area contributed by atoms with Crippen molar-refractivity contribution in [3.63, 3.8) is 0 Å². The van der Waals surface area contributed by atoms with Crippen LogP contribution < -0.4 is 5.32 Å². The highest BCUT2D eigenvalue weighted by Crippen LogP contribution is 2.53. The van der Waals surface area contributed by atoms with Crippen LogP contribution in [0, 0.1) is 5.21 Å². The van der Waals surface area contributed by atoms with E-state index in [1.807, 2.05) is 20.8 Å². The van der Waals surface area contributed by atoms with E-state index < -0.39 is 69.8 Å². The van der Waals surface area contributed by atoms with E-state index in [9.17, 15) is 66.7 Å². The first-order valence-electron chi connectivity index (χ1n) is 24.2. The number of piperazine rings is 1. The molecule has 0 aromatic heterocycles. The Bertz CT molecular complexity index is 2410. The van der Waals surface area contributed by atoms with E-state index in [0.29, 0.717) is 65.4 Å². The fraction of sp³-hybridized carbons (Fsp3) is 0.604. The Morgan fingerprint density at radius 1 is 0.671 bits per heavy atom. The lowest BCUT2D eigenvalue weighted by atomic mass is 10.1. The molecule has 31 heteroatoms. The van der Waals surface area contributed by atoms with Crippen LogP contribution in [0.1, 0.15) is 33.6 Å². The number of nitrogens with zero attached hydrogens (tertiary/aromatic N) is 4. The van der Waals surface area contributed by atoms with Gasteiger partial charge in [0, 0.05) is 66.9 Å². The molecule has 0 spiro atoms. The van der Waals surface area contributed by atoms with E-state index >= 15 is 0 Å². The van der Waals surface area contributed by atoms with Crippen molar-refractivity contribution in [3.05, 3.63) is 100 Å². The van der Waals surface area contributed by atoms with Crippen LogP contribution in [0.5, 0.6) is 0 Å². The van der Waals surface area contributed by atoms with Crippen LogP contribution in [0.2, 0.25) is 0 Å². The number of aliphatic hydroxyl groups excluding tert-OH is 1. The van der Waals surface area contributed by atoms with Crippen molar-refractivity contribution in [1.82, 2.24) is 14.5 Å². The fourth-order valence-electron chi connectivity index (χ4n) is 6.67. The smallest absolute Gasteiger partial charge is 0.428 e. The third-order valence-corrected chi connectivity index (χ3v) is 17.6. The zero-order chi connectivity index (χ0) is 59.6. The third kappa shape index (κ3) is 23.6. The maximum atomic E-state index is 13.9. The minimum absolute atomic E-state index is 0.0146. The van der Waals surface area contributed by atoms with Gasteiger partial charge in [0.15, 0.2) is 24.7 Å². The molecule has 452 valence electrons. The summed E-state index contributed by atoms with van der Waals surface area (Å²) in [4.78, 5) is 17.3. The standard InChI is InChI=1S/C18H15S.C12H27NO7.C10H19NO3.C8H12F6N3O6S3/c1-4-10-16(11-5-1)19(17-12-6-2-7-13-17)18-14-8-3-9-15-18;1-15-10-18-7-4-13(14,5-8-19-11-16-2)6-9-20-12-17-3;1-10(2,3)14-9(13)11-6-4-8(12)5-7-11;1-24(18,19)16-25(20,21)7(11,12)6(9,10)8(13,14)26(22,23)17-4-2-15-3-5-17/h1-15H;4-12H2,1-3H3;8,12H,4-7H2,1-3H3;15H,2-5H2,1H3/q+1;;;-1. The highest BCUT2D eigenvalue weighted by molar-refractivity contribution is 8.12. The van der Waals surface area contributed by atoms with E-state index in [0.717, 1.165) is 0 Å². The van der Waals surface area contributed by atoms with Crippen molar-refractivity contribution in [3.8, 4) is 0 Å². The molecule has 1 amide bonds. The van der Waals surface area contributed by atoms with Crippen molar-refractivity contribution >= 4 is 47.1 Å². The van der Waals surface area contributed by atoms with Crippen LogP contribution in [0.4, 0.5) is 31.1 Å². The third-order valence-electron chi connectivity index (χ3n) is 10.6. The number of hydrogen-bond acceptors (Lipinski definition) is 17. The average Bonchev–Trinajstić information content (AvgIpc) is 3.50. The molecular weight excluding hydrogens is 1140 g/mol. The van der Waals surface area contributed by atoms with Crippen molar-refractivity contribution in [2.24, 2.45) is 0 Å². The number of hydroxylamine groups is 3. The molecule has 2 heterocycles. The zero-order valence-corrected chi connectivity index (χ0v) is 48.3. The molecule has 2 N–H and O–H groups in total. The molecule has 2 fully saturated rings. The number of amides is 1. The van der Waals surface area contributed by atoms with Gasteiger partial charge in [-0.15, -0.1) is 0 Å². The van der Waals surface area contributed by atoms with Gasteiger partial charge in [-0.2, -0.15) is 30.6 Å². The predicted molar refractivity (Wildman–Crippen MR) is 282 cm³/mol. The van der Waals surface area contributed by atoms with Crippen LogP contribution in [0.3, 0.4) is 0 Å². The Morgan fingerprint density at radius 3 is 1.37 bits per heavy atom. The number of nitrogens with one attached hydrogen (secondary N) is 1. The molecule has 2 aliphatic rings. The van der Waals surface area contributed by atoms with Gasteiger partial charge in [0.25, 0.3) is 10.0 Å². The summed E-state index contributed by atoms with van der Waals surface area (Å²) >= 11 is 0. The van der Waals surface area contributed by atoms with Gasteiger partial charge in [0.05, 0.1) is 46.8 Å². The number of sulfonamides is 3. The molecule has 2 saturated heterocycles. The lowest BCUT2D eigenvalue weighted by Crippen LogP contribution is -2.64. The first-order valence-corrected chi connectivity index (χ1v) is 30.1. The van der Waals surface area contributed by atoms with Gasteiger partial charge in [-0.05, 0) is 70.0 Å². The van der Waals surface area contributed by atoms with Crippen molar-refractivity contribution in [2.45, 2.75) is 76.4 Å². The van der Waals surface area contributed by atoms with Gasteiger partial charge < -0.3 is 62.5 Å². The van der Waals surface area contributed by atoms with Gasteiger partial charge >= 0.3 is 22.5 Å². The Morgan fingerprint density at radius 2 is 1.04 bits per heavy atom. The van der Waals surface area contributed by atoms with Gasteiger partial charge in [-0.25, -0.2) is 30.0 Å². The maximum absolute atomic E-state index is 13.9. The molecule has 0 atom stereocenters. The minimum Gasteiger partial charge on any atom is -0.633 e. The lowest BCUT2D eigenvalue weighted by Gasteiger charge is -2.42. The number of piperidine rings is 1. The van der Waals surface area contributed by atoms with Crippen molar-refractivity contribution in [1.29, 1.82) is 0 Å². The number of aliphatic hydroxyl groups is 1. The number of halogens is 6. The number of carbonyl (C=O) groups is 1.